The largest absolute Gasteiger partial charge is 0.543 e. The van der Waals surface area contributed by atoms with Crippen molar-refractivity contribution in [2.45, 2.75) is 45.4 Å². The van der Waals surface area contributed by atoms with Crippen LogP contribution in [-0.4, -0.2) is 8.32 Å². The van der Waals surface area contributed by atoms with Crippen LogP contribution in [0.3, 0.4) is 0 Å². The van der Waals surface area contributed by atoms with E-state index in [-0.39, 0.29) is 5.04 Å². The maximum Gasteiger partial charge on any atom is 0.250 e. The molecule has 0 aliphatic carbocycles. The van der Waals surface area contributed by atoms with E-state index < -0.39 is 8.32 Å². The van der Waals surface area contributed by atoms with E-state index in [1.54, 1.807) is 0 Å². The first kappa shape index (κ1) is 14.5. The van der Waals surface area contributed by atoms with Crippen LogP contribution < -0.4 is 10.2 Å². The van der Waals surface area contributed by atoms with E-state index in [1.807, 2.05) is 18.2 Å². The van der Waals surface area contributed by atoms with Crippen molar-refractivity contribution >= 4 is 19.9 Å². The summed E-state index contributed by atoms with van der Waals surface area (Å²) in [5.41, 5.74) is 6.60. The molecule has 0 aliphatic heterocycles. The van der Waals surface area contributed by atoms with Gasteiger partial charge in [-0.1, -0.05) is 38.4 Å². The normalized spacial score (nSPS) is 12.6. The average Bonchev–Trinajstić information content (AvgIpc) is 2.19. The first-order valence-electron chi connectivity index (χ1n) is 5.85. The first-order valence-corrected chi connectivity index (χ1v) is 9.13. The molecule has 0 aromatic heterocycles. The number of halogens is 1. The molecule has 0 atom stereocenters. The Labute approximate surface area is 110 Å². The van der Waals surface area contributed by atoms with Gasteiger partial charge in [0.05, 0.1) is 5.02 Å². The minimum absolute atomic E-state index is 0.170. The minimum atomic E-state index is -1.82. The highest BCUT2D eigenvalue weighted by Crippen LogP contribution is 2.39. The predicted molar refractivity (Wildman–Crippen MR) is 77.2 cm³/mol. The second-order valence-corrected chi connectivity index (χ2v) is 11.0. The lowest BCUT2D eigenvalue weighted by Crippen LogP contribution is -2.43. The molecule has 0 heterocycles. The molecule has 1 aromatic rings. The molecule has 0 bridgehead atoms. The summed E-state index contributed by atoms with van der Waals surface area (Å²) in [4.78, 5) is 0. The van der Waals surface area contributed by atoms with Gasteiger partial charge < -0.3 is 10.2 Å². The van der Waals surface area contributed by atoms with Crippen LogP contribution >= 0.6 is 11.6 Å². The van der Waals surface area contributed by atoms with E-state index in [9.17, 15) is 0 Å². The van der Waals surface area contributed by atoms with Crippen LogP contribution in [0.25, 0.3) is 0 Å². The zero-order valence-corrected chi connectivity index (χ0v) is 13.1. The van der Waals surface area contributed by atoms with Crippen molar-refractivity contribution in [1.29, 1.82) is 0 Å². The van der Waals surface area contributed by atoms with Crippen molar-refractivity contribution in [2.24, 2.45) is 5.73 Å². The molecule has 1 rings (SSSR count). The molecule has 0 radical (unpaired) electrons. The van der Waals surface area contributed by atoms with Gasteiger partial charge in [0.25, 0.3) is 8.32 Å². The van der Waals surface area contributed by atoms with Crippen molar-refractivity contribution in [3.63, 3.8) is 0 Å². The van der Waals surface area contributed by atoms with Crippen LogP contribution in [0.2, 0.25) is 23.2 Å². The molecular weight excluding hydrogens is 250 g/mol. The lowest BCUT2D eigenvalue weighted by atomic mass is 10.2. The topological polar surface area (TPSA) is 35.2 Å². The highest BCUT2D eigenvalue weighted by atomic mass is 35.5. The van der Waals surface area contributed by atoms with Crippen molar-refractivity contribution in [3.05, 3.63) is 28.8 Å². The van der Waals surface area contributed by atoms with E-state index in [0.717, 1.165) is 11.3 Å². The van der Waals surface area contributed by atoms with Crippen LogP contribution in [0.15, 0.2) is 18.2 Å². The zero-order valence-electron chi connectivity index (χ0n) is 11.3. The van der Waals surface area contributed by atoms with E-state index in [1.165, 1.54) is 0 Å². The van der Waals surface area contributed by atoms with Crippen molar-refractivity contribution in [2.75, 3.05) is 0 Å². The fourth-order valence-electron chi connectivity index (χ4n) is 1.18. The summed E-state index contributed by atoms with van der Waals surface area (Å²) >= 11 is 6.21. The van der Waals surface area contributed by atoms with Gasteiger partial charge in [-0.2, -0.15) is 0 Å². The highest BCUT2D eigenvalue weighted by molar-refractivity contribution is 6.74. The Balaban J connectivity index is 2.96. The van der Waals surface area contributed by atoms with Gasteiger partial charge in [0.15, 0.2) is 0 Å². The lowest BCUT2D eigenvalue weighted by molar-refractivity contribution is 0.492. The summed E-state index contributed by atoms with van der Waals surface area (Å²) in [5.74, 6) is 0.774. The molecule has 0 unspecified atom stereocenters. The van der Waals surface area contributed by atoms with Crippen molar-refractivity contribution in [1.82, 2.24) is 0 Å². The molecule has 0 amide bonds. The second kappa shape index (κ2) is 5.00. The van der Waals surface area contributed by atoms with Crippen LogP contribution in [0, 0.1) is 0 Å². The molecule has 0 spiro atoms. The van der Waals surface area contributed by atoms with Crippen molar-refractivity contribution in [3.8, 4) is 5.75 Å². The number of benzene rings is 1. The number of hydrogen-bond acceptors (Lipinski definition) is 2. The molecule has 0 aliphatic rings. The lowest BCUT2D eigenvalue weighted by Gasteiger charge is -2.36. The summed E-state index contributed by atoms with van der Waals surface area (Å²) in [6.07, 6.45) is 0. The van der Waals surface area contributed by atoms with Gasteiger partial charge in [-0.25, -0.2) is 0 Å². The number of hydrogen-bond donors (Lipinski definition) is 1. The summed E-state index contributed by atoms with van der Waals surface area (Å²) in [7, 11) is -1.82. The Bertz CT molecular complexity index is 399. The Kier molecular flexibility index (Phi) is 4.28. The van der Waals surface area contributed by atoms with Crippen LogP contribution in [0.5, 0.6) is 5.75 Å². The molecule has 0 fully saturated rings. The minimum Gasteiger partial charge on any atom is -0.543 e. The molecule has 1 aromatic carbocycles. The maximum atomic E-state index is 6.21. The Morgan fingerprint density at radius 2 is 1.88 bits per heavy atom. The maximum absolute atomic E-state index is 6.21. The fourth-order valence-corrected chi connectivity index (χ4v) is 2.52. The third-order valence-electron chi connectivity index (χ3n) is 3.40. The molecule has 96 valence electrons. The van der Waals surface area contributed by atoms with E-state index >= 15 is 0 Å². The molecule has 0 saturated heterocycles. The van der Waals surface area contributed by atoms with Gasteiger partial charge in [0.2, 0.25) is 0 Å². The standard InChI is InChI=1S/C13H22ClNOSi/c1-13(2,3)17(4,5)16-12-7-6-10(9-15)8-11(12)14/h6-8H,9,15H2,1-5H3. The molecule has 2 N–H and O–H groups in total. The average molecular weight is 272 g/mol. The summed E-state index contributed by atoms with van der Waals surface area (Å²) in [6, 6.07) is 5.77. The molecule has 0 saturated carbocycles. The number of rotatable bonds is 3. The van der Waals surface area contributed by atoms with Gasteiger partial charge in [-0.15, -0.1) is 0 Å². The molecule has 2 nitrogen and oxygen atoms in total. The summed E-state index contributed by atoms with van der Waals surface area (Å²) < 4.78 is 6.16. The van der Waals surface area contributed by atoms with Crippen LogP contribution in [-0.2, 0) is 6.54 Å². The third kappa shape index (κ3) is 3.47. The van der Waals surface area contributed by atoms with Gasteiger partial charge in [0, 0.05) is 6.54 Å². The van der Waals surface area contributed by atoms with Crippen molar-refractivity contribution < 1.29 is 4.43 Å². The fraction of sp³-hybridized carbons (Fsp3) is 0.538. The van der Waals surface area contributed by atoms with E-state index in [2.05, 4.69) is 33.9 Å². The Hall–Kier alpha value is -0.513. The summed E-state index contributed by atoms with van der Waals surface area (Å²) in [6.45, 7) is 11.5. The Morgan fingerprint density at radius 3 is 2.29 bits per heavy atom. The Morgan fingerprint density at radius 1 is 1.29 bits per heavy atom. The van der Waals surface area contributed by atoms with Gasteiger partial charge >= 0.3 is 0 Å². The first-order chi connectivity index (χ1) is 7.67. The van der Waals surface area contributed by atoms with E-state index in [4.69, 9.17) is 21.8 Å². The SMILES string of the molecule is CC(C)(C)[Si](C)(C)Oc1ccc(CN)cc1Cl. The predicted octanol–water partition coefficient (Wildman–Crippen LogP) is 4.18. The monoisotopic (exact) mass is 271 g/mol. The van der Waals surface area contributed by atoms with Gasteiger partial charge in [-0.3, -0.25) is 0 Å². The molecule has 17 heavy (non-hydrogen) atoms. The molecular formula is C13H22ClNOSi. The van der Waals surface area contributed by atoms with E-state index in [0.29, 0.717) is 11.6 Å². The summed E-state index contributed by atoms with van der Waals surface area (Å²) in [5, 5.41) is 0.820. The smallest absolute Gasteiger partial charge is 0.250 e. The second-order valence-electron chi connectivity index (χ2n) is 5.83. The molecule has 4 heteroatoms. The quantitative estimate of drug-likeness (QED) is 0.837. The van der Waals surface area contributed by atoms with Gasteiger partial charge in [-0.05, 0) is 35.8 Å². The number of nitrogens with two attached hydrogens (primary N) is 1. The zero-order chi connectivity index (χ0) is 13.3. The van der Waals surface area contributed by atoms with Crippen LogP contribution in [0.1, 0.15) is 26.3 Å². The third-order valence-corrected chi connectivity index (χ3v) is 8.04. The van der Waals surface area contributed by atoms with Crippen LogP contribution in [0.4, 0.5) is 0 Å². The highest BCUT2D eigenvalue weighted by Gasteiger charge is 2.39. The van der Waals surface area contributed by atoms with Gasteiger partial charge in [0.1, 0.15) is 5.75 Å².